The number of amides is 1. The molecule has 0 radical (unpaired) electrons. The Morgan fingerprint density at radius 3 is 2.44 bits per heavy atom. The SMILES string of the molecule is CC(C)(O)N1CCC(c2ccc(O)cc2)[C@H]1C(=O)Nc1ccc2c(c1)C1(OCC(C(=O)O)O1)c1ccccc1-2. The van der Waals surface area contributed by atoms with E-state index in [2.05, 4.69) is 5.32 Å². The zero-order valence-corrected chi connectivity index (χ0v) is 21.6. The van der Waals surface area contributed by atoms with Crippen LogP contribution in [0.5, 0.6) is 5.75 Å². The number of carbonyl (C=O) groups excluding carboxylic acids is 1. The van der Waals surface area contributed by atoms with E-state index < -0.39 is 29.6 Å². The van der Waals surface area contributed by atoms with E-state index in [1.807, 2.05) is 30.3 Å². The monoisotopic (exact) mass is 530 g/mol. The highest BCUT2D eigenvalue weighted by molar-refractivity contribution is 5.97. The first-order valence-corrected chi connectivity index (χ1v) is 13.0. The number of aromatic hydroxyl groups is 1. The number of hydrogen-bond donors (Lipinski definition) is 4. The fourth-order valence-electron chi connectivity index (χ4n) is 6.16. The van der Waals surface area contributed by atoms with Crippen molar-refractivity contribution >= 4 is 17.6 Å². The van der Waals surface area contributed by atoms with Crippen LogP contribution in [-0.4, -0.2) is 63.1 Å². The maximum Gasteiger partial charge on any atom is 0.335 e. The van der Waals surface area contributed by atoms with E-state index >= 15 is 0 Å². The van der Waals surface area contributed by atoms with Gasteiger partial charge in [-0.3, -0.25) is 9.69 Å². The molecule has 0 bridgehead atoms. The predicted molar refractivity (Wildman–Crippen MR) is 142 cm³/mol. The minimum absolute atomic E-state index is 0.101. The third-order valence-electron chi connectivity index (χ3n) is 7.93. The number of aliphatic hydroxyl groups is 1. The largest absolute Gasteiger partial charge is 0.508 e. The van der Waals surface area contributed by atoms with Gasteiger partial charge in [0, 0.05) is 29.3 Å². The molecule has 4 N–H and O–H groups in total. The van der Waals surface area contributed by atoms with Crippen LogP contribution in [0.3, 0.4) is 0 Å². The summed E-state index contributed by atoms with van der Waals surface area (Å²) >= 11 is 0. The van der Waals surface area contributed by atoms with Crippen LogP contribution < -0.4 is 5.32 Å². The van der Waals surface area contributed by atoms with Crippen molar-refractivity contribution in [2.45, 2.75) is 49.8 Å². The minimum Gasteiger partial charge on any atom is -0.508 e. The van der Waals surface area contributed by atoms with Gasteiger partial charge in [0.05, 0.1) is 12.6 Å². The number of carbonyl (C=O) groups is 2. The number of carboxylic acids is 1. The Morgan fingerprint density at radius 1 is 1.03 bits per heavy atom. The molecule has 2 saturated heterocycles. The molecule has 9 heteroatoms. The molecule has 9 nitrogen and oxygen atoms in total. The predicted octanol–water partition coefficient (Wildman–Crippen LogP) is 3.60. The standard InChI is InChI=1S/C30H30N2O7/c1-29(2,37)32-14-13-20(17-7-10-19(33)11-8-17)26(32)27(34)31-18-9-12-22-21-5-3-4-6-23(21)30(24(22)15-18)38-16-25(39-30)28(35)36/h3-12,15,20,25-26,33,37H,13-14,16H2,1-2H3,(H,31,34)(H,35,36)/t20?,25?,26-,30?/m0/s1. The number of rotatable bonds is 5. The zero-order valence-electron chi connectivity index (χ0n) is 21.6. The molecule has 4 atom stereocenters. The van der Waals surface area contributed by atoms with Gasteiger partial charge in [-0.1, -0.05) is 42.5 Å². The number of phenols is 1. The van der Waals surface area contributed by atoms with Crippen molar-refractivity contribution in [3.05, 3.63) is 83.4 Å². The molecule has 6 rings (SSSR count). The maximum atomic E-state index is 13.8. The average Bonchev–Trinajstić information content (AvgIpc) is 3.61. The average molecular weight is 531 g/mol. The highest BCUT2D eigenvalue weighted by Crippen LogP contribution is 2.53. The molecule has 2 heterocycles. The Bertz CT molecular complexity index is 1450. The first-order valence-electron chi connectivity index (χ1n) is 13.0. The Labute approximate surface area is 225 Å². The first kappa shape index (κ1) is 25.5. The summed E-state index contributed by atoms with van der Waals surface area (Å²) in [5.41, 5.74) is 3.26. The number of ether oxygens (including phenoxy) is 2. The summed E-state index contributed by atoms with van der Waals surface area (Å²) in [6.45, 7) is 3.75. The fraction of sp³-hybridized carbons (Fsp3) is 0.333. The van der Waals surface area contributed by atoms with Crippen molar-refractivity contribution in [1.29, 1.82) is 0 Å². The molecule has 3 aliphatic rings. The Balaban J connectivity index is 1.35. The number of likely N-dealkylation sites (tertiary alicyclic amines) is 1. The quantitative estimate of drug-likeness (QED) is 0.394. The van der Waals surface area contributed by atoms with Crippen molar-refractivity contribution in [3.8, 4) is 16.9 Å². The second-order valence-corrected chi connectivity index (χ2v) is 10.8. The Hall–Kier alpha value is -3.76. The lowest BCUT2D eigenvalue weighted by atomic mass is 9.90. The summed E-state index contributed by atoms with van der Waals surface area (Å²) in [6.07, 6.45) is -0.458. The molecule has 1 spiro atoms. The van der Waals surface area contributed by atoms with E-state index in [1.54, 1.807) is 55.1 Å². The van der Waals surface area contributed by atoms with Crippen LogP contribution in [0.2, 0.25) is 0 Å². The third kappa shape index (κ3) is 4.18. The molecule has 202 valence electrons. The van der Waals surface area contributed by atoms with Crippen LogP contribution in [0, 0.1) is 0 Å². The van der Waals surface area contributed by atoms with Gasteiger partial charge in [-0.15, -0.1) is 0 Å². The fourth-order valence-corrected chi connectivity index (χ4v) is 6.16. The molecule has 39 heavy (non-hydrogen) atoms. The molecule has 3 aromatic rings. The molecule has 1 aliphatic carbocycles. The van der Waals surface area contributed by atoms with Gasteiger partial charge < -0.3 is 30.1 Å². The zero-order chi connectivity index (χ0) is 27.5. The molecule has 2 aliphatic heterocycles. The first-order chi connectivity index (χ1) is 18.6. The van der Waals surface area contributed by atoms with Crippen LogP contribution >= 0.6 is 0 Å². The molecule has 0 saturated carbocycles. The van der Waals surface area contributed by atoms with Gasteiger partial charge in [-0.25, -0.2) is 4.79 Å². The third-order valence-corrected chi connectivity index (χ3v) is 7.93. The number of carboxylic acid groups (broad SMARTS) is 1. The summed E-state index contributed by atoms with van der Waals surface area (Å²) in [5, 5.41) is 33.2. The van der Waals surface area contributed by atoms with Crippen LogP contribution in [0.4, 0.5) is 5.69 Å². The van der Waals surface area contributed by atoms with Gasteiger partial charge in [0.25, 0.3) is 0 Å². The highest BCUT2D eigenvalue weighted by Gasteiger charge is 2.53. The van der Waals surface area contributed by atoms with Crippen LogP contribution in [0.1, 0.15) is 42.9 Å². The summed E-state index contributed by atoms with van der Waals surface area (Å²) in [7, 11) is 0. The van der Waals surface area contributed by atoms with Crippen molar-refractivity contribution in [1.82, 2.24) is 4.90 Å². The smallest absolute Gasteiger partial charge is 0.335 e. The maximum absolute atomic E-state index is 13.8. The number of nitrogens with one attached hydrogen (secondary N) is 1. The molecule has 3 unspecified atom stereocenters. The number of aliphatic carboxylic acids is 1. The van der Waals surface area contributed by atoms with Gasteiger partial charge in [-0.05, 0) is 61.2 Å². The molecule has 2 fully saturated rings. The normalized spacial score (nSPS) is 26.0. The van der Waals surface area contributed by atoms with Crippen LogP contribution in [0.15, 0.2) is 66.7 Å². The summed E-state index contributed by atoms with van der Waals surface area (Å²) in [6, 6.07) is 19.1. The number of phenolic OH excluding ortho intramolecular Hbond substituents is 1. The highest BCUT2D eigenvalue weighted by atomic mass is 16.8. The summed E-state index contributed by atoms with van der Waals surface area (Å²) in [4.78, 5) is 27.3. The molecule has 1 amide bonds. The van der Waals surface area contributed by atoms with Crippen LogP contribution in [-0.2, 0) is 24.8 Å². The van der Waals surface area contributed by atoms with E-state index in [9.17, 15) is 24.9 Å². The Kier molecular flexibility index (Phi) is 6.00. The summed E-state index contributed by atoms with van der Waals surface area (Å²) in [5.74, 6) is -2.81. The summed E-state index contributed by atoms with van der Waals surface area (Å²) < 4.78 is 12.1. The lowest BCUT2D eigenvalue weighted by Gasteiger charge is -2.36. The van der Waals surface area contributed by atoms with Gasteiger partial charge >= 0.3 is 5.97 Å². The lowest BCUT2D eigenvalue weighted by Crippen LogP contribution is -2.52. The number of hydrogen-bond acceptors (Lipinski definition) is 7. The van der Waals surface area contributed by atoms with E-state index in [4.69, 9.17) is 9.47 Å². The lowest BCUT2D eigenvalue weighted by molar-refractivity contribution is -0.165. The number of nitrogens with zero attached hydrogens (tertiary/aromatic N) is 1. The van der Waals surface area contributed by atoms with E-state index in [-0.39, 0.29) is 24.2 Å². The van der Waals surface area contributed by atoms with Crippen molar-refractivity contribution < 1.29 is 34.4 Å². The topological polar surface area (TPSA) is 129 Å². The Morgan fingerprint density at radius 2 is 1.74 bits per heavy atom. The van der Waals surface area contributed by atoms with Gasteiger partial charge in [0.15, 0.2) is 6.10 Å². The van der Waals surface area contributed by atoms with E-state index in [0.717, 1.165) is 22.3 Å². The van der Waals surface area contributed by atoms with Crippen molar-refractivity contribution in [2.75, 3.05) is 18.5 Å². The van der Waals surface area contributed by atoms with Gasteiger partial charge in [-0.2, -0.15) is 0 Å². The number of benzene rings is 3. The molecular weight excluding hydrogens is 500 g/mol. The van der Waals surface area contributed by atoms with Gasteiger partial charge in [0.1, 0.15) is 11.5 Å². The van der Waals surface area contributed by atoms with Crippen molar-refractivity contribution in [2.24, 2.45) is 0 Å². The number of anilines is 1. The van der Waals surface area contributed by atoms with Crippen LogP contribution in [0.25, 0.3) is 11.1 Å². The van der Waals surface area contributed by atoms with Crippen molar-refractivity contribution in [3.63, 3.8) is 0 Å². The van der Waals surface area contributed by atoms with E-state index in [0.29, 0.717) is 24.2 Å². The van der Waals surface area contributed by atoms with Gasteiger partial charge in [0.2, 0.25) is 11.7 Å². The van der Waals surface area contributed by atoms with E-state index in [1.165, 1.54) is 0 Å². The second kappa shape index (κ2) is 9.17. The molecular formula is C30H30N2O7. The molecule has 0 aromatic heterocycles. The second-order valence-electron chi connectivity index (χ2n) is 10.8. The molecule has 3 aromatic carbocycles. The minimum atomic E-state index is -1.38. The number of fused-ring (bicyclic) bond motifs is 5.